The molecule has 0 aliphatic heterocycles. The van der Waals surface area contributed by atoms with Crippen LogP contribution in [0.15, 0.2) is 47.3 Å². The second kappa shape index (κ2) is 8.59. The SMILES string of the molecule is Cn1c(CCC(=O)OCC(=O)Nc2ccc(F)cc2F)nc2ccccc2c1=O. The van der Waals surface area contributed by atoms with Crippen LogP contribution in [-0.2, 0) is 27.8 Å². The molecule has 0 atom stereocenters. The molecule has 0 aliphatic carbocycles. The lowest BCUT2D eigenvalue weighted by Gasteiger charge is -2.10. The van der Waals surface area contributed by atoms with E-state index in [1.807, 2.05) is 0 Å². The standard InChI is InChI=1S/C20H17F2N3O4/c1-25-17(23-15-5-3-2-4-13(15)20(25)28)8-9-19(27)29-11-18(26)24-16-7-6-12(21)10-14(16)22/h2-7,10H,8-9,11H2,1H3,(H,24,26). The molecule has 7 nitrogen and oxygen atoms in total. The van der Waals surface area contributed by atoms with Gasteiger partial charge in [0.25, 0.3) is 11.5 Å². The van der Waals surface area contributed by atoms with E-state index in [2.05, 4.69) is 10.3 Å². The van der Waals surface area contributed by atoms with Gasteiger partial charge < -0.3 is 10.1 Å². The van der Waals surface area contributed by atoms with Gasteiger partial charge in [-0.1, -0.05) is 12.1 Å². The third-order valence-corrected chi connectivity index (χ3v) is 4.20. The predicted octanol–water partition coefficient (Wildman–Crippen LogP) is 2.33. The number of nitrogens with one attached hydrogen (secondary N) is 1. The number of amides is 1. The Morgan fingerprint density at radius 1 is 1.17 bits per heavy atom. The minimum atomic E-state index is -0.937. The molecule has 1 amide bonds. The second-order valence-electron chi connectivity index (χ2n) is 6.24. The van der Waals surface area contributed by atoms with Crippen molar-refractivity contribution in [2.75, 3.05) is 11.9 Å². The van der Waals surface area contributed by atoms with Crippen molar-refractivity contribution in [3.05, 3.63) is 70.3 Å². The van der Waals surface area contributed by atoms with E-state index in [4.69, 9.17) is 4.74 Å². The fraction of sp³-hybridized carbons (Fsp3) is 0.200. The first-order valence-corrected chi connectivity index (χ1v) is 8.70. The fourth-order valence-electron chi connectivity index (χ4n) is 2.70. The second-order valence-corrected chi connectivity index (χ2v) is 6.24. The van der Waals surface area contributed by atoms with Crippen molar-refractivity contribution in [3.63, 3.8) is 0 Å². The van der Waals surface area contributed by atoms with Gasteiger partial charge in [0.05, 0.1) is 23.0 Å². The summed E-state index contributed by atoms with van der Waals surface area (Å²) in [5.41, 5.74) is 0.0853. The van der Waals surface area contributed by atoms with Gasteiger partial charge in [-0.15, -0.1) is 0 Å². The zero-order valence-corrected chi connectivity index (χ0v) is 15.4. The highest BCUT2D eigenvalue weighted by Crippen LogP contribution is 2.14. The number of carbonyl (C=O) groups is 2. The lowest BCUT2D eigenvalue weighted by molar-refractivity contribution is -0.147. The van der Waals surface area contributed by atoms with Crippen LogP contribution in [0.1, 0.15) is 12.2 Å². The van der Waals surface area contributed by atoms with E-state index in [1.165, 1.54) is 4.57 Å². The largest absolute Gasteiger partial charge is 0.456 e. The van der Waals surface area contributed by atoms with E-state index in [1.54, 1.807) is 31.3 Å². The number of aryl methyl sites for hydroxylation is 1. The van der Waals surface area contributed by atoms with E-state index < -0.39 is 30.1 Å². The van der Waals surface area contributed by atoms with Crippen LogP contribution >= 0.6 is 0 Å². The number of anilines is 1. The molecule has 3 aromatic rings. The Bertz CT molecular complexity index is 1140. The Morgan fingerprint density at radius 2 is 1.93 bits per heavy atom. The van der Waals surface area contributed by atoms with Crippen molar-refractivity contribution in [2.45, 2.75) is 12.8 Å². The average Bonchev–Trinajstić information content (AvgIpc) is 2.70. The minimum absolute atomic E-state index is 0.100. The van der Waals surface area contributed by atoms with Crippen LogP contribution in [0.25, 0.3) is 10.9 Å². The van der Waals surface area contributed by atoms with Gasteiger partial charge in [-0.05, 0) is 24.3 Å². The highest BCUT2D eigenvalue weighted by molar-refractivity contribution is 5.92. The number of halogens is 2. The van der Waals surface area contributed by atoms with E-state index in [0.29, 0.717) is 22.8 Å². The number of fused-ring (bicyclic) bond motifs is 1. The normalized spacial score (nSPS) is 10.7. The van der Waals surface area contributed by atoms with E-state index in [9.17, 15) is 23.2 Å². The van der Waals surface area contributed by atoms with Gasteiger partial charge in [0.1, 0.15) is 17.5 Å². The molecule has 0 radical (unpaired) electrons. The lowest BCUT2D eigenvalue weighted by atomic mass is 10.2. The minimum Gasteiger partial charge on any atom is -0.456 e. The molecule has 150 valence electrons. The van der Waals surface area contributed by atoms with Crippen LogP contribution in [0, 0.1) is 11.6 Å². The maximum absolute atomic E-state index is 13.5. The number of benzene rings is 2. The van der Waals surface area contributed by atoms with Gasteiger partial charge in [-0.2, -0.15) is 0 Å². The Kier molecular flexibility index (Phi) is 5.96. The van der Waals surface area contributed by atoms with E-state index >= 15 is 0 Å². The summed E-state index contributed by atoms with van der Waals surface area (Å²) in [5.74, 6) is -2.75. The first kappa shape index (κ1) is 20.1. The number of carbonyl (C=O) groups excluding carboxylic acids is 2. The average molecular weight is 401 g/mol. The van der Waals surface area contributed by atoms with Crippen LogP contribution in [0.2, 0.25) is 0 Å². The summed E-state index contributed by atoms with van der Waals surface area (Å²) >= 11 is 0. The molecule has 3 rings (SSSR count). The maximum Gasteiger partial charge on any atom is 0.306 e. The number of hydrogen-bond acceptors (Lipinski definition) is 5. The lowest BCUT2D eigenvalue weighted by Crippen LogP contribution is -2.24. The van der Waals surface area contributed by atoms with Crippen molar-refractivity contribution in [2.24, 2.45) is 7.05 Å². The Labute approximate surface area is 163 Å². The number of rotatable bonds is 6. The predicted molar refractivity (Wildman–Crippen MR) is 101 cm³/mol. The van der Waals surface area contributed by atoms with Gasteiger partial charge in [0, 0.05) is 19.5 Å². The third-order valence-electron chi connectivity index (χ3n) is 4.20. The van der Waals surface area contributed by atoms with E-state index in [0.717, 1.165) is 12.1 Å². The molecule has 0 bridgehead atoms. The van der Waals surface area contributed by atoms with Crippen molar-refractivity contribution >= 4 is 28.5 Å². The summed E-state index contributed by atoms with van der Waals surface area (Å²) in [6.07, 6.45) is 0.0421. The highest BCUT2D eigenvalue weighted by Gasteiger charge is 2.13. The van der Waals surface area contributed by atoms with Gasteiger partial charge >= 0.3 is 5.97 Å². The first-order valence-electron chi connectivity index (χ1n) is 8.70. The Balaban J connectivity index is 1.55. The summed E-state index contributed by atoms with van der Waals surface area (Å²) in [4.78, 5) is 40.4. The monoisotopic (exact) mass is 401 g/mol. The fourth-order valence-corrected chi connectivity index (χ4v) is 2.70. The molecular formula is C20H17F2N3O4. The Morgan fingerprint density at radius 3 is 2.69 bits per heavy atom. The molecule has 0 spiro atoms. The number of nitrogens with zero attached hydrogens (tertiary/aromatic N) is 2. The molecule has 1 heterocycles. The number of para-hydroxylation sites is 1. The summed E-state index contributed by atoms with van der Waals surface area (Å²) in [5, 5.41) is 2.67. The number of ether oxygens (including phenoxy) is 1. The van der Waals surface area contributed by atoms with Crippen molar-refractivity contribution in [1.82, 2.24) is 9.55 Å². The topological polar surface area (TPSA) is 90.3 Å². The molecule has 0 fully saturated rings. The van der Waals surface area contributed by atoms with Crippen molar-refractivity contribution in [1.29, 1.82) is 0 Å². The smallest absolute Gasteiger partial charge is 0.306 e. The molecule has 2 aromatic carbocycles. The molecule has 29 heavy (non-hydrogen) atoms. The zero-order valence-electron chi connectivity index (χ0n) is 15.4. The Hall–Kier alpha value is -3.62. The van der Waals surface area contributed by atoms with E-state index in [-0.39, 0.29) is 24.1 Å². The molecular weight excluding hydrogens is 384 g/mol. The van der Waals surface area contributed by atoms with Gasteiger partial charge in [-0.3, -0.25) is 19.0 Å². The van der Waals surface area contributed by atoms with Gasteiger partial charge in [-0.25, -0.2) is 13.8 Å². The third kappa shape index (κ3) is 4.81. The zero-order chi connectivity index (χ0) is 21.0. The van der Waals surface area contributed by atoms with Crippen LogP contribution in [0.5, 0.6) is 0 Å². The number of aromatic nitrogens is 2. The van der Waals surface area contributed by atoms with Crippen LogP contribution < -0.4 is 10.9 Å². The molecule has 0 saturated heterocycles. The van der Waals surface area contributed by atoms with Gasteiger partial charge in [0.15, 0.2) is 6.61 Å². The molecule has 0 saturated carbocycles. The summed E-state index contributed by atoms with van der Waals surface area (Å²) in [7, 11) is 1.56. The van der Waals surface area contributed by atoms with Crippen LogP contribution in [0.3, 0.4) is 0 Å². The van der Waals surface area contributed by atoms with Crippen molar-refractivity contribution < 1.29 is 23.1 Å². The van der Waals surface area contributed by atoms with Crippen LogP contribution in [-0.4, -0.2) is 28.0 Å². The molecule has 1 aromatic heterocycles. The molecule has 0 aliphatic rings. The van der Waals surface area contributed by atoms with Crippen molar-refractivity contribution in [3.8, 4) is 0 Å². The summed E-state index contributed by atoms with van der Waals surface area (Å²) in [6, 6.07) is 9.56. The van der Waals surface area contributed by atoms with Gasteiger partial charge in [0.2, 0.25) is 0 Å². The quantitative estimate of drug-likeness (QED) is 0.641. The summed E-state index contributed by atoms with van der Waals surface area (Å²) in [6.45, 7) is -0.625. The maximum atomic E-state index is 13.5. The molecule has 0 unspecified atom stereocenters. The first-order chi connectivity index (χ1) is 13.8. The summed E-state index contributed by atoms with van der Waals surface area (Å²) < 4.78 is 32.6. The molecule has 1 N–H and O–H groups in total. The highest BCUT2D eigenvalue weighted by atomic mass is 19.1. The molecule has 9 heteroatoms. The van der Waals surface area contributed by atoms with Crippen LogP contribution in [0.4, 0.5) is 14.5 Å². The number of esters is 1. The number of hydrogen-bond donors (Lipinski definition) is 1.